The van der Waals surface area contributed by atoms with Gasteiger partial charge < -0.3 is 10.6 Å². The van der Waals surface area contributed by atoms with Crippen LogP contribution in [-0.2, 0) is 0 Å². The highest BCUT2D eigenvalue weighted by Gasteiger charge is 2.17. The molecule has 0 bridgehead atoms. The molecular weight excluding hydrogens is 180 g/mol. The molecule has 1 saturated heterocycles. The molecule has 0 radical (unpaired) electrons. The van der Waals surface area contributed by atoms with Crippen LogP contribution in [0, 0.1) is 6.92 Å². The van der Waals surface area contributed by atoms with E-state index >= 15 is 0 Å². The van der Waals surface area contributed by atoms with Crippen molar-refractivity contribution in [1.29, 1.82) is 0 Å². The van der Waals surface area contributed by atoms with Crippen molar-refractivity contribution in [3.63, 3.8) is 0 Å². The van der Waals surface area contributed by atoms with Gasteiger partial charge in [0.15, 0.2) is 0 Å². The maximum absolute atomic E-state index is 5.86. The first-order chi connectivity index (χ1) is 6.27. The van der Waals surface area contributed by atoms with Crippen LogP contribution in [0.3, 0.4) is 0 Å². The van der Waals surface area contributed by atoms with Gasteiger partial charge in [-0.15, -0.1) is 11.3 Å². The van der Waals surface area contributed by atoms with E-state index in [9.17, 15) is 0 Å². The number of nitrogens with zero attached hydrogens (tertiary/aromatic N) is 1. The van der Waals surface area contributed by atoms with E-state index in [1.54, 1.807) is 0 Å². The van der Waals surface area contributed by atoms with E-state index in [0.29, 0.717) is 6.04 Å². The minimum atomic E-state index is 0.426. The molecule has 2 rings (SSSR count). The van der Waals surface area contributed by atoms with Crippen molar-refractivity contribution in [3.8, 4) is 0 Å². The van der Waals surface area contributed by atoms with E-state index < -0.39 is 0 Å². The zero-order valence-corrected chi connectivity index (χ0v) is 8.81. The second-order valence-electron chi connectivity index (χ2n) is 3.69. The molecule has 0 aliphatic carbocycles. The molecule has 2 N–H and O–H groups in total. The van der Waals surface area contributed by atoms with Crippen LogP contribution >= 0.6 is 11.3 Å². The smallest absolute Gasteiger partial charge is 0.0504 e. The fraction of sp³-hybridized carbons (Fsp3) is 0.600. The lowest BCUT2D eigenvalue weighted by molar-refractivity contribution is 0.501. The Kier molecular flexibility index (Phi) is 2.56. The maximum Gasteiger partial charge on any atom is 0.0504 e. The quantitative estimate of drug-likeness (QED) is 0.744. The molecular formula is C10H16N2S. The number of hydrogen-bond donors (Lipinski definition) is 1. The van der Waals surface area contributed by atoms with Crippen LogP contribution in [0.1, 0.15) is 17.7 Å². The highest BCUT2D eigenvalue weighted by molar-refractivity contribution is 7.10. The number of rotatable bonds is 1. The van der Waals surface area contributed by atoms with Gasteiger partial charge in [-0.3, -0.25) is 0 Å². The molecule has 1 fully saturated rings. The van der Waals surface area contributed by atoms with Crippen molar-refractivity contribution in [3.05, 3.63) is 16.3 Å². The van der Waals surface area contributed by atoms with Gasteiger partial charge in [-0.05, 0) is 31.2 Å². The van der Waals surface area contributed by atoms with Crippen LogP contribution in [0.5, 0.6) is 0 Å². The van der Waals surface area contributed by atoms with Crippen molar-refractivity contribution < 1.29 is 0 Å². The molecule has 13 heavy (non-hydrogen) atoms. The summed E-state index contributed by atoms with van der Waals surface area (Å²) in [6, 6.07) is 2.65. The molecule has 2 heterocycles. The summed E-state index contributed by atoms with van der Waals surface area (Å²) < 4.78 is 0. The molecule has 2 nitrogen and oxygen atoms in total. The summed E-state index contributed by atoms with van der Waals surface area (Å²) in [4.78, 5) is 3.88. The Morgan fingerprint density at radius 3 is 2.69 bits per heavy atom. The Morgan fingerprint density at radius 1 is 1.46 bits per heavy atom. The Hall–Kier alpha value is -0.540. The summed E-state index contributed by atoms with van der Waals surface area (Å²) in [6.07, 6.45) is 2.27. The highest BCUT2D eigenvalue weighted by atomic mass is 32.1. The Morgan fingerprint density at radius 2 is 2.15 bits per heavy atom. The average molecular weight is 196 g/mol. The fourth-order valence-corrected chi connectivity index (χ4v) is 2.57. The first kappa shape index (κ1) is 9.03. The van der Waals surface area contributed by atoms with Crippen molar-refractivity contribution in [2.75, 3.05) is 18.0 Å². The number of nitrogens with two attached hydrogens (primary N) is 1. The third-order valence-electron chi connectivity index (χ3n) is 2.71. The zero-order chi connectivity index (χ0) is 9.26. The summed E-state index contributed by atoms with van der Waals surface area (Å²) >= 11 is 1.83. The minimum absolute atomic E-state index is 0.426. The summed E-state index contributed by atoms with van der Waals surface area (Å²) in [7, 11) is 0. The third-order valence-corrected chi connectivity index (χ3v) is 3.55. The van der Waals surface area contributed by atoms with Crippen molar-refractivity contribution in [2.45, 2.75) is 25.8 Å². The SMILES string of the molecule is Cc1sccc1N1CCC(N)CC1. The number of piperidine rings is 1. The molecule has 0 unspecified atom stereocenters. The molecule has 0 saturated carbocycles. The van der Waals surface area contributed by atoms with Gasteiger partial charge in [0.2, 0.25) is 0 Å². The lowest BCUT2D eigenvalue weighted by Crippen LogP contribution is -2.39. The molecule has 3 heteroatoms. The monoisotopic (exact) mass is 196 g/mol. The predicted molar refractivity (Wildman–Crippen MR) is 58.5 cm³/mol. The van der Waals surface area contributed by atoms with E-state index in [1.807, 2.05) is 11.3 Å². The van der Waals surface area contributed by atoms with E-state index in [0.717, 1.165) is 25.9 Å². The van der Waals surface area contributed by atoms with Gasteiger partial charge in [-0.1, -0.05) is 0 Å². The molecule has 0 spiro atoms. The van der Waals surface area contributed by atoms with Crippen LogP contribution in [0.15, 0.2) is 11.4 Å². The van der Waals surface area contributed by atoms with Gasteiger partial charge in [0, 0.05) is 24.0 Å². The maximum atomic E-state index is 5.86. The summed E-state index contributed by atoms with van der Waals surface area (Å²) in [5.41, 5.74) is 7.28. The predicted octanol–water partition coefficient (Wildman–Crippen LogP) is 1.98. The van der Waals surface area contributed by atoms with Crippen LogP contribution in [0.2, 0.25) is 0 Å². The lowest BCUT2D eigenvalue weighted by atomic mass is 10.1. The number of anilines is 1. The van der Waals surface area contributed by atoms with Crippen LogP contribution in [0.4, 0.5) is 5.69 Å². The summed E-state index contributed by atoms with van der Waals surface area (Å²) in [5.74, 6) is 0. The molecule has 1 aliphatic heterocycles. The number of thiophene rings is 1. The van der Waals surface area contributed by atoms with Gasteiger partial charge in [0.1, 0.15) is 0 Å². The second-order valence-corrected chi connectivity index (χ2v) is 4.81. The van der Waals surface area contributed by atoms with Gasteiger partial charge in [0.05, 0.1) is 5.69 Å². The lowest BCUT2D eigenvalue weighted by Gasteiger charge is -2.31. The van der Waals surface area contributed by atoms with Crippen LogP contribution in [0.25, 0.3) is 0 Å². The first-order valence-electron chi connectivity index (χ1n) is 4.82. The topological polar surface area (TPSA) is 29.3 Å². The molecule has 1 aromatic rings. The molecule has 0 aromatic carbocycles. The van der Waals surface area contributed by atoms with Gasteiger partial charge in [0.25, 0.3) is 0 Å². The molecule has 0 atom stereocenters. The van der Waals surface area contributed by atoms with Crippen LogP contribution in [-0.4, -0.2) is 19.1 Å². The van der Waals surface area contributed by atoms with Crippen molar-refractivity contribution >= 4 is 17.0 Å². The van der Waals surface area contributed by atoms with Gasteiger partial charge in [-0.25, -0.2) is 0 Å². The highest BCUT2D eigenvalue weighted by Crippen LogP contribution is 2.27. The van der Waals surface area contributed by atoms with Crippen molar-refractivity contribution in [1.82, 2.24) is 0 Å². The standard InChI is InChI=1S/C10H16N2S/c1-8-10(4-7-13-8)12-5-2-9(11)3-6-12/h4,7,9H,2-3,5-6,11H2,1H3. The second kappa shape index (κ2) is 3.68. The summed E-state index contributed by atoms with van der Waals surface area (Å²) in [5, 5.41) is 2.17. The van der Waals surface area contributed by atoms with E-state index in [2.05, 4.69) is 23.3 Å². The van der Waals surface area contributed by atoms with E-state index in [4.69, 9.17) is 5.73 Å². The van der Waals surface area contributed by atoms with Crippen LogP contribution < -0.4 is 10.6 Å². The minimum Gasteiger partial charge on any atom is -0.371 e. The largest absolute Gasteiger partial charge is 0.371 e. The van der Waals surface area contributed by atoms with E-state index in [-0.39, 0.29) is 0 Å². The molecule has 1 aliphatic rings. The molecule has 1 aromatic heterocycles. The van der Waals surface area contributed by atoms with Gasteiger partial charge >= 0.3 is 0 Å². The molecule has 0 amide bonds. The zero-order valence-electron chi connectivity index (χ0n) is 7.99. The summed E-state index contributed by atoms with van der Waals surface area (Å²) in [6.45, 7) is 4.44. The number of aryl methyl sites for hydroxylation is 1. The Labute approximate surface area is 83.4 Å². The Bertz CT molecular complexity index is 274. The Balaban J connectivity index is 2.06. The third kappa shape index (κ3) is 1.86. The normalized spacial score (nSPS) is 19.4. The van der Waals surface area contributed by atoms with Gasteiger partial charge in [-0.2, -0.15) is 0 Å². The molecule has 72 valence electrons. The fourth-order valence-electron chi connectivity index (χ4n) is 1.85. The first-order valence-corrected chi connectivity index (χ1v) is 5.70. The average Bonchev–Trinajstić information content (AvgIpc) is 2.53. The number of hydrogen-bond acceptors (Lipinski definition) is 3. The van der Waals surface area contributed by atoms with Crippen molar-refractivity contribution in [2.24, 2.45) is 5.73 Å². The van der Waals surface area contributed by atoms with E-state index in [1.165, 1.54) is 10.6 Å².